The first-order valence-corrected chi connectivity index (χ1v) is 4.74. The second-order valence-electron chi connectivity index (χ2n) is 0.880. The van der Waals surface area contributed by atoms with Crippen LogP contribution in [-0.4, -0.2) is 33.2 Å². The van der Waals surface area contributed by atoms with Gasteiger partial charge in [0.15, 0.2) is 0 Å². The van der Waals surface area contributed by atoms with E-state index in [1.54, 1.807) is 6.55 Å². The quantitative estimate of drug-likeness (QED) is 0.389. The molecule has 0 aromatic carbocycles. The summed E-state index contributed by atoms with van der Waals surface area (Å²) in [6, 6.07) is 0. The fourth-order valence-electron chi connectivity index (χ4n) is 0.137. The second kappa shape index (κ2) is 2.55. The molecule has 0 aliphatic carbocycles. The highest BCUT2D eigenvalue weighted by molar-refractivity contribution is 6.56. The van der Waals surface area contributed by atoms with E-state index in [1.165, 1.54) is 0 Å². The fourth-order valence-corrected chi connectivity index (χ4v) is 1.23. The van der Waals surface area contributed by atoms with Gasteiger partial charge >= 0.3 is 9.05 Å². The van der Waals surface area contributed by atoms with Gasteiger partial charge in [0.1, 0.15) is 0 Å². The van der Waals surface area contributed by atoms with E-state index in [2.05, 4.69) is 4.12 Å². The zero-order valence-corrected chi connectivity index (χ0v) is 5.75. The van der Waals surface area contributed by atoms with Crippen molar-refractivity contribution in [2.45, 2.75) is 6.55 Å². The number of hydrogen-bond donors (Lipinski definition) is 3. The Morgan fingerprint density at radius 3 is 1.86 bits per heavy atom. The summed E-state index contributed by atoms with van der Waals surface area (Å²) in [5.74, 6) is 0. The van der Waals surface area contributed by atoms with E-state index in [0.29, 0.717) is 0 Å². The van der Waals surface area contributed by atoms with Crippen molar-refractivity contribution < 1.29 is 18.5 Å². The highest BCUT2D eigenvalue weighted by atomic mass is 28.4. The van der Waals surface area contributed by atoms with Crippen molar-refractivity contribution in [3.8, 4) is 0 Å². The molecule has 0 aliphatic rings. The van der Waals surface area contributed by atoms with Crippen molar-refractivity contribution in [3.63, 3.8) is 0 Å². The Kier molecular flexibility index (Phi) is 2.65. The highest BCUT2D eigenvalue weighted by Gasteiger charge is 2.28. The molecule has 0 aromatic heterocycles. The maximum Gasteiger partial charge on any atom is 0.660 e. The minimum absolute atomic E-state index is 0.0791. The summed E-state index contributed by atoms with van der Waals surface area (Å²) < 4.78 is 4.06. The molecule has 0 aliphatic heterocycles. The maximum atomic E-state index is 8.05. The van der Waals surface area contributed by atoms with Crippen LogP contribution in [0, 0.1) is 0 Å². The molecular weight excluding hydrogens is 132 g/mol. The molecule has 0 spiro atoms. The SMILES string of the molecule is C[Si]O[Si](O)(O)O. The Bertz CT molecular complexity index is 48.1. The molecule has 0 atom stereocenters. The van der Waals surface area contributed by atoms with Crippen molar-refractivity contribution in [1.29, 1.82) is 0 Å². The minimum atomic E-state index is -4.14. The molecule has 0 amide bonds. The maximum absolute atomic E-state index is 8.05. The summed E-state index contributed by atoms with van der Waals surface area (Å²) in [6.45, 7) is 1.59. The van der Waals surface area contributed by atoms with Crippen LogP contribution in [0.25, 0.3) is 0 Å². The molecule has 3 N–H and O–H groups in total. The molecule has 0 saturated heterocycles. The second-order valence-corrected chi connectivity index (χ2v) is 3.25. The van der Waals surface area contributed by atoms with Crippen molar-refractivity contribution in [1.82, 2.24) is 0 Å². The van der Waals surface area contributed by atoms with Crippen LogP contribution in [0.3, 0.4) is 0 Å². The zero-order valence-electron chi connectivity index (χ0n) is 3.75. The molecule has 0 fully saturated rings. The summed E-state index contributed by atoms with van der Waals surface area (Å²) >= 11 is 0. The lowest BCUT2D eigenvalue weighted by Gasteiger charge is -2.05. The lowest BCUT2D eigenvalue weighted by Crippen LogP contribution is -2.39. The van der Waals surface area contributed by atoms with Crippen LogP contribution in [0.15, 0.2) is 0 Å². The van der Waals surface area contributed by atoms with Crippen LogP contribution in [0.4, 0.5) is 0 Å². The van der Waals surface area contributed by atoms with Gasteiger partial charge in [-0.1, -0.05) is 0 Å². The van der Waals surface area contributed by atoms with Gasteiger partial charge in [-0.3, -0.25) is 0 Å². The Morgan fingerprint density at radius 1 is 1.43 bits per heavy atom. The third-order valence-corrected chi connectivity index (χ3v) is 2.15. The van der Waals surface area contributed by atoms with Crippen molar-refractivity contribution in [2.24, 2.45) is 0 Å². The summed E-state index contributed by atoms with van der Waals surface area (Å²) in [7, 11) is -4.22. The molecule has 42 valence electrons. The van der Waals surface area contributed by atoms with Gasteiger partial charge in [0.05, 0.1) is 0 Å². The molecule has 0 bridgehead atoms. The molecule has 2 radical (unpaired) electrons. The zero-order chi connectivity index (χ0) is 5.91. The van der Waals surface area contributed by atoms with E-state index < -0.39 is 9.05 Å². The van der Waals surface area contributed by atoms with Crippen LogP contribution < -0.4 is 0 Å². The van der Waals surface area contributed by atoms with Gasteiger partial charge in [0, 0.05) is 0 Å². The van der Waals surface area contributed by atoms with Crippen LogP contribution in [0.5, 0.6) is 0 Å². The fraction of sp³-hybridized carbons (Fsp3) is 1.00. The summed E-state index contributed by atoms with van der Waals surface area (Å²) in [5, 5.41) is 0. The topological polar surface area (TPSA) is 69.9 Å². The van der Waals surface area contributed by atoms with Crippen LogP contribution in [0.1, 0.15) is 0 Å². The smallest absolute Gasteiger partial charge is 0.394 e. The average molecular weight is 138 g/mol. The minimum Gasteiger partial charge on any atom is -0.394 e. The summed E-state index contributed by atoms with van der Waals surface area (Å²) in [6.07, 6.45) is 0. The van der Waals surface area contributed by atoms with Gasteiger partial charge in [0.25, 0.3) is 0 Å². The Hall–Kier alpha value is 0.274. The van der Waals surface area contributed by atoms with Crippen LogP contribution >= 0.6 is 0 Å². The van der Waals surface area contributed by atoms with E-state index in [1.807, 2.05) is 0 Å². The largest absolute Gasteiger partial charge is 0.660 e. The Balaban J connectivity index is 3.15. The lowest BCUT2D eigenvalue weighted by atomic mass is 11.9. The van der Waals surface area contributed by atoms with Crippen molar-refractivity contribution in [3.05, 3.63) is 0 Å². The van der Waals surface area contributed by atoms with Gasteiger partial charge in [-0.2, -0.15) is 0 Å². The van der Waals surface area contributed by atoms with Gasteiger partial charge in [-0.05, 0) is 6.55 Å². The van der Waals surface area contributed by atoms with E-state index in [-0.39, 0.29) is 9.76 Å². The van der Waals surface area contributed by atoms with Gasteiger partial charge in [0.2, 0.25) is 9.76 Å². The first-order valence-electron chi connectivity index (χ1n) is 1.58. The molecule has 0 rings (SSSR count). The van der Waals surface area contributed by atoms with Crippen LogP contribution in [0.2, 0.25) is 6.55 Å². The average Bonchev–Trinajstić information content (AvgIpc) is 1.30. The monoisotopic (exact) mass is 138 g/mol. The third kappa shape index (κ3) is 6.27. The third-order valence-electron chi connectivity index (χ3n) is 0.239. The molecule has 0 aromatic rings. The molecule has 0 saturated carbocycles. The Labute approximate surface area is 44.8 Å². The first kappa shape index (κ1) is 7.27. The van der Waals surface area contributed by atoms with Gasteiger partial charge < -0.3 is 18.5 Å². The van der Waals surface area contributed by atoms with E-state index in [9.17, 15) is 0 Å². The van der Waals surface area contributed by atoms with Crippen molar-refractivity contribution >= 4 is 18.8 Å². The number of hydrogen-bond acceptors (Lipinski definition) is 4. The van der Waals surface area contributed by atoms with E-state index in [4.69, 9.17) is 14.4 Å². The standard InChI is InChI=1S/CH6O4Si2/c1-6-5-7(2,3)4/h2-4H,1H3. The summed E-state index contributed by atoms with van der Waals surface area (Å²) in [5.41, 5.74) is 0. The molecule has 0 unspecified atom stereocenters. The van der Waals surface area contributed by atoms with Crippen molar-refractivity contribution in [2.75, 3.05) is 0 Å². The normalized spacial score (nSPS) is 12.0. The predicted octanol–water partition coefficient (Wildman–Crippen LogP) is -1.92. The molecule has 7 heavy (non-hydrogen) atoms. The molecular formula is CH6O4Si2. The predicted molar refractivity (Wildman–Crippen MR) is 25.1 cm³/mol. The van der Waals surface area contributed by atoms with Crippen LogP contribution in [-0.2, 0) is 4.12 Å². The molecule has 6 heteroatoms. The molecule has 4 nitrogen and oxygen atoms in total. The summed E-state index contributed by atoms with van der Waals surface area (Å²) in [4.78, 5) is 24.2. The van der Waals surface area contributed by atoms with Gasteiger partial charge in [-0.15, -0.1) is 0 Å². The van der Waals surface area contributed by atoms with E-state index >= 15 is 0 Å². The van der Waals surface area contributed by atoms with E-state index in [0.717, 1.165) is 0 Å². The first-order chi connectivity index (χ1) is 3.06. The highest BCUT2D eigenvalue weighted by Crippen LogP contribution is 1.83. The lowest BCUT2D eigenvalue weighted by molar-refractivity contribution is 0.132. The number of rotatable bonds is 2. The van der Waals surface area contributed by atoms with Gasteiger partial charge in [-0.25, -0.2) is 0 Å². The molecule has 0 heterocycles. The Morgan fingerprint density at radius 2 is 1.86 bits per heavy atom.